The average Bonchev–Trinajstić information content (AvgIpc) is 2.34. The van der Waals surface area contributed by atoms with Crippen molar-refractivity contribution in [3.05, 3.63) is 11.8 Å². The van der Waals surface area contributed by atoms with E-state index in [1.165, 1.54) is 0 Å². The molecule has 0 aliphatic rings. The summed E-state index contributed by atoms with van der Waals surface area (Å²) >= 11 is 0. The first-order chi connectivity index (χ1) is 9.11. The van der Waals surface area contributed by atoms with Crippen molar-refractivity contribution in [1.29, 1.82) is 0 Å². The fourth-order valence-electron chi connectivity index (χ4n) is 1.56. The van der Waals surface area contributed by atoms with E-state index in [0.29, 0.717) is 5.95 Å². The summed E-state index contributed by atoms with van der Waals surface area (Å²) in [6, 6.07) is 1.95. The summed E-state index contributed by atoms with van der Waals surface area (Å²) in [6.45, 7) is 5.36. The molecule has 0 aliphatic heterocycles. The Labute approximate surface area is 115 Å². The Kier molecular flexibility index (Phi) is 7.14. The first-order valence-electron chi connectivity index (χ1n) is 6.59. The molecule has 1 heterocycles. The minimum Gasteiger partial charge on any atom is -0.385 e. The van der Waals surface area contributed by atoms with E-state index in [9.17, 15) is 0 Å². The number of rotatable bonds is 9. The molecule has 6 heteroatoms. The van der Waals surface area contributed by atoms with Crippen molar-refractivity contribution < 1.29 is 4.74 Å². The number of hydrogen-bond donors (Lipinski definition) is 2. The number of methoxy groups -OCH3 is 1. The Morgan fingerprint density at radius 3 is 2.68 bits per heavy atom. The SMILES string of the molecule is COCCCNc1cc(C)nc(NCCN(C)C)n1. The number of nitrogens with one attached hydrogen (secondary N) is 2. The second kappa shape index (κ2) is 8.66. The quantitative estimate of drug-likeness (QED) is 0.656. The summed E-state index contributed by atoms with van der Waals surface area (Å²) in [5, 5.41) is 6.51. The molecule has 0 saturated carbocycles. The topological polar surface area (TPSA) is 62.3 Å². The van der Waals surface area contributed by atoms with Crippen molar-refractivity contribution >= 4 is 11.8 Å². The monoisotopic (exact) mass is 267 g/mol. The normalized spacial score (nSPS) is 10.8. The van der Waals surface area contributed by atoms with Gasteiger partial charge in [0.1, 0.15) is 5.82 Å². The summed E-state index contributed by atoms with van der Waals surface area (Å²) < 4.78 is 5.01. The molecule has 0 radical (unpaired) electrons. The van der Waals surface area contributed by atoms with Crippen LogP contribution in [0.2, 0.25) is 0 Å². The van der Waals surface area contributed by atoms with Crippen molar-refractivity contribution in [1.82, 2.24) is 14.9 Å². The van der Waals surface area contributed by atoms with E-state index in [0.717, 1.165) is 44.2 Å². The van der Waals surface area contributed by atoms with Crippen LogP contribution in [0.1, 0.15) is 12.1 Å². The smallest absolute Gasteiger partial charge is 0.224 e. The van der Waals surface area contributed by atoms with Crippen LogP contribution in [0.25, 0.3) is 0 Å². The highest BCUT2D eigenvalue weighted by molar-refractivity contribution is 5.42. The summed E-state index contributed by atoms with van der Waals surface area (Å²) in [7, 11) is 5.80. The molecule has 0 atom stereocenters. The molecule has 0 unspecified atom stereocenters. The summed E-state index contributed by atoms with van der Waals surface area (Å²) in [4.78, 5) is 10.9. The molecule has 0 spiro atoms. The molecular formula is C13H25N5O. The zero-order valence-corrected chi connectivity index (χ0v) is 12.4. The molecular weight excluding hydrogens is 242 g/mol. The summed E-state index contributed by atoms with van der Waals surface area (Å²) in [5.74, 6) is 1.53. The minimum absolute atomic E-state index is 0.677. The predicted octanol–water partition coefficient (Wildman–Crippen LogP) is 1.21. The van der Waals surface area contributed by atoms with Crippen molar-refractivity contribution in [2.75, 3.05) is 58.1 Å². The van der Waals surface area contributed by atoms with Gasteiger partial charge >= 0.3 is 0 Å². The van der Waals surface area contributed by atoms with Crippen LogP contribution in [0.4, 0.5) is 11.8 Å². The van der Waals surface area contributed by atoms with Gasteiger partial charge in [0.2, 0.25) is 5.95 Å². The van der Waals surface area contributed by atoms with Crippen LogP contribution in [0.15, 0.2) is 6.07 Å². The standard InChI is InChI=1S/C13H25N5O/c1-11-10-12(14-6-5-9-19-4)17-13(16-11)15-7-8-18(2)3/h10H,5-9H2,1-4H3,(H2,14,15,16,17). The van der Waals surface area contributed by atoms with E-state index in [1.54, 1.807) is 7.11 Å². The van der Waals surface area contributed by atoms with Crippen LogP contribution in [0.5, 0.6) is 0 Å². The maximum absolute atomic E-state index is 5.01. The van der Waals surface area contributed by atoms with Gasteiger partial charge in [0.15, 0.2) is 0 Å². The molecule has 0 amide bonds. The van der Waals surface area contributed by atoms with E-state index in [1.807, 2.05) is 27.1 Å². The lowest BCUT2D eigenvalue weighted by Gasteiger charge is -2.12. The first-order valence-corrected chi connectivity index (χ1v) is 6.59. The molecule has 1 aromatic heterocycles. The van der Waals surface area contributed by atoms with Gasteiger partial charge < -0.3 is 20.3 Å². The number of likely N-dealkylation sites (N-methyl/N-ethyl adjacent to an activating group) is 1. The molecule has 6 nitrogen and oxygen atoms in total. The van der Waals surface area contributed by atoms with Crippen molar-refractivity contribution in [2.24, 2.45) is 0 Å². The van der Waals surface area contributed by atoms with E-state index in [-0.39, 0.29) is 0 Å². The summed E-state index contributed by atoms with van der Waals surface area (Å²) in [6.07, 6.45) is 0.961. The molecule has 1 aromatic rings. The largest absolute Gasteiger partial charge is 0.385 e. The molecule has 0 saturated heterocycles. The fourth-order valence-corrected chi connectivity index (χ4v) is 1.56. The fraction of sp³-hybridized carbons (Fsp3) is 0.692. The van der Waals surface area contributed by atoms with Gasteiger partial charge in [-0.1, -0.05) is 0 Å². The number of aryl methyl sites for hydroxylation is 1. The van der Waals surface area contributed by atoms with Gasteiger partial charge in [0, 0.05) is 45.1 Å². The van der Waals surface area contributed by atoms with Crippen LogP contribution in [0, 0.1) is 6.92 Å². The van der Waals surface area contributed by atoms with Crippen LogP contribution < -0.4 is 10.6 Å². The lowest BCUT2D eigenvalue weighted by molar-refractivity contribution is 0.198. The number of hydrogen-bond acceptors (Lipinski definition) is 6. The first kappa shape index (κ1) is 15.7. The number of aromatic nitrogens is 2. The molecule has 0 aromatic carbocycles. The molecule has 108 valence electrons. The Hall–Kier alpha value is -1.40. The second-order valence-corrected chi connectivity index (χ2v) is 4.72. The Bertz CT molecular complexity index is 370. The highest BCUT2D eigenvalue weighted by atomic mass is 16.5. The molecule has 2 N–H and O–H groups in total. The van der Waals surface area contributed by atoms with Crippen LogP contribution in [-0.4, -0.2) is 62.3 Å². The number of nitrogens with zero attached hydrogens (tertiary/aromatic N) is 3. The maximum atomic E-state index is 5.01. The van der Waals surface area contributed by atoms with Crippen LogP contribution in [-0.2, 0) is 4.74 Å². The van der Waals surface area contributed by atoms with Crippen molar-refractivity contribution in [2.45, 2.75) is 13.3 Å². The molecule has 19 heavy (non-hydrogen) atoms. The zero-order chi connectivity index (χ0) is 14.1. The van der Waals surface area contributed by atoms with Crippen molar-refractivity contribution in [3.8, 4) is 0 Å². The Morgan fingerprint density at radius 2 is 2.00 bits per heavy atom. The van der Waals surface area contributed by atoms with Crippen LogP contribution >= 0.6 is 0 Å². The predicted molar refractivity (Wildman–Crippen MR) is 78.8 cm³/mol. The van der Waals surface area contributed by atoms with Crippen molar-refractivity contribution in [3.63, 3.8) is 0 Å². The Balaban J connectivity index is 2.46. The van der Waals surface area contributed by atoms with E-state index < -0.39 is 0 Å². The third kappa shape index (κ3) is 6.93. The van der Waals surface area contributed by atoms with E-state index in [4.69, 9.17) is 4.74 Å². The second-order valence-electron chi connectivity index (χ2n) is 4.72. The van der Waals surface area contributed by atoms with E-state index >= 15 is 0 Å². The van der Waals surface area contributed by atoms with Gasteiger partial charge in [0.05, 0.1) is 0 Å². The number of ether oxygens (including phenoxy) is 1. The van der Waals surface area contributed by atoms with E-state index in [2.05, 4.69) is 25.5 Å². The van der Waals surface area contributed by atoms with Gasteiger partial charge in [-0.25, -0.2) is 4.98 Å². The Morgan fingerprint density at radius 1 is 1.21 bits per heavy atom. The number of anilines is 2. The highest BCUT2D eigenvalue weighted by Crippen LogP contribution is 2.09. The molecule has 0 fully saturated rings. The third-order valence-electron chi connectivity index (χ3n) is 2.53. The summed E-state index contributed by atoms with van der Waals surface area (Å²) in [5.41, 5.74) is 0.955. The van der Waals surface area contributed by atoms with Gasteiger partial charge in [-0.3, -0.25) is 0 Å². The molecule has 0 aliphatic carbocycles. The van der Waals surface area contributed by atoms with Gasteiger partial charge in [-0.2, -0.15) is 4.98 Å². The van der Waals surface area contributed by atoms with Gasteiger partial charge in [-0.05, 0) is 27.4 Å². The lowest BCUT2D eigenvalue weighted by Crippen LogP contribution is -2.21. The van der Waals surface area contributed by atoms with Gasteiger partial charge in [0.25, 0.3) is 0 Å². The highest BCUT2D eigenvalue weighted by Gasteiger charge is 2.01. The average molecular weight is 267 g/mol. The maximum Gasteiger partial charge on any atom is 0.224 e. The third-order valence-corrected chi connectivity index (χ3v) is 2.53. The molecule has 1 rings (SSSR count). The molecule has 0 bridgehead atoms. The van der Waals surface area contributed by atoms with Crippen LogP contribution in [0.3, 0.4) is 0 Å². The zero-order valence-electron chi connectivity index (χ0n) is 12.4. The minimum atomic E-state index is 0.677. The van der Waals surface area contributed by atoms with Gasteiger partial charge in [-0.15, -0.1) is 0 Å². The lowest BCUT2D eigenvalue weighted by atomic mass is 10.4.